The number of hydrogen-bond acceptors (Lipinski definition) is 3. The first-order valence-corrected chi connectivity index (χ1v) is 8.52. The average molecular weight is 340 g/mol. The number of sulfone groups is 1. The van der Waals surface area contributed by atoms with Crippen molar-refractivity contribution in [2.75, 3.05) is 17.2 Å². The molecule has 0 N–H and O–H groups in total. The highest BCUT2D eigenvalue weighted by atomic mass is 35.5. The number of carbonyl (C=O) groups excluding carboxylic acids is 1. The van der Waals surface area contributed by atoms with Gasteiger partial charge in [0.25, 0.3) is 5.91 Å². The largest absolute Gasteiger partial charge is 0.306 e. The molecule has 1 amide bonds. The van der Waals surface area contributed by atoms with Crippen molar-refractivity contribution in [1.82, 2.24) is 0 Å². The SMILES string of the molecule is O=C(c1c(F)cccc1Cl)N1CCS(=O)(=O)c2ccccc21. The van der Waals surface area contributed by atoms with E-state index in [2.05, 4.69) is 0 Å². The van der Waals surface area contributed by atoms with Crippen molar-refractivity contribution < 1.29 is 17.6 Å². The third-order valence-electron chi connectivity index (χ3n) is 3.50. The summed E-state index contributed by atoms with van der Waals surface area (Å²) in [7, 11) is -3.43. The van der Waals surface area contributed by atoms with E-state index in [1.54, 1.807) is 12.1 Å². The third kappa shape index (κ3) is 2.38. The van der Waals surface area contributed by atoms with Crippen LogP contribution in [0.15, 0.2) is 47.4 Å². The van der Waals surface area contributed by atoms with Gasteiger partial charge in [-0.2, -0.15) is 0 Å². The summed E-state index contributed by atoms with van der Waals surface area (Å²) in [6.07, 6.45) is 0. The van der Waals surface area contributed by atoms with Gasteiger partial charge in [-0.3, -0.25) is 4.79 Å². The maximum atomic E-state index is 13.9. The van der Waals surface area contributed by atoms with Gasteiger partial charge >= 0.3 is 0 Å². The Kier molecular flexibility index (Phi) is 3.66. The van der Waals surface area contributed by atoms with Crippen molar-refractivity contribution in [3.63, 3.8) is 0 Å². The Bertz CT molecular complexity index is 847. The normalized spacial score (nSPS) is 16.2. The molecule has 2 aromatic rings. The third-order valence-corrected chi connectivity index (χ3v) is 5.55. The molecule has 4 nitrogen and oxygen atoms in total. The fraction of sp³-hybridized carbons (Fsp3) is 0.133. The summed E-state index contributed by atoms with van der Waals surface area (Å²) in [6.45, 7) is -0.0388. The minimum atomic E-state index is -3.43. The van der Waals surface area contributed by atoms with Crippen LogP contribution in [0.3, 0.4) is 0 Å². The first kappa shape index (κ1) is 15.0. The predicted octanol–water partition coefficient (Wildman–Crippen LogP) is 2.91. The number of carbonyl (C=O) groups is 1. The van der Waals surface area contributed by atoms with Gasteiger partial charge in [-0.05, 0) is 24.3 Å². The summed E-state index contributed by atoms with van der Waals surface area (Å²) in [5.74, 6) is -1.59. The van der Waals surface area contributed by atoms with Crippen molar-refractivity contribution >= 4 is 33.0 Å². The smallest absolute Gasteiger partial charge is 0.262 e. The maximum Gasteiger partial charge on any atom is 0.262 e. The number of anilines is 1. The fourth-order valence-corrected chi connectivity index (χ4v) is 4.10. The minimum absolute atomic E-state index is 0.00379. The van der Waals surface area contributed by atoms with Crippen LogP contribution in [0.25, 0.3) is 0 Å². The zero-order valence-electron chi connectivity index (χ0n) is 11.3. The highest BCUT2D eigenvalue weighted by Gasteiger charge is 2.33. The van der Waals surface area contributed by atoms with Gasteiger partial charge in [-0.25, -0.2) is 12.8 Å². The minimum Gasteiger partial charge on any atom is -0.306 e. The zero-order chi connectivity index (χ0) is 15.9. The maximum absolute atomic E-state index is 13.9. The number of halogens is 2. The van der Waals surface area contributed by atoms with Crippen LogP contribution in [0.2, 0.25) is 5.02 Å². The molecule has 1 aliphatic heterocycles. The van der Waals surface area contributed by atoms with Crippen molar-refractivity contribution in [1.29, 1.82) is 0 Å². The Balaban J connectivity index is 2.12. The summed E-state index contributed by atoms with van der Waals surface area (Å²) in [5.41, 5.74) is -0.00339. The van der Waals surface area contributed by atoms with Crippen molar-refractivity contribution in [2.45, 2.75) is 4.90 Å². The molecule has 22 heavy (non-hydrogen) atoms. The molecule has 0 aromatic heterocycles. The second-order valence-corrected chi connectivity index (χ2v) is 7.32. The van der Waals surface area contributed by atoms with Crippen LogP contribution in [0.1, 0.15) is 10.4 Å². The Hall–Kier alpha value is -1.92. The van der Waals surface area contributed by atoms with Gasteiger partial charge in [0.2, 0.25) is 0 Å². The van der Waals surface area contributed by atoms with Crippen LogP contribution in [-0.2, 0) is 9.84 Å². The Morgan fingerprint density at radius 3 is 2.59 bits per heavy atom. The van der Waals surface area contributed by atoms with Crippen LogP contribution in [0.5, 0.6) is 0 Å². The first-order valence-electron chi connectivity index (χ1n) is 6.49. The Morgan fingerprint density at radius 2 is 1.86 bits per heavy atom. The molecule has 0 unspecified atom stereocenters. The fourth-order valence-electron chi connectivity index (χ4n) is 2.43. The Labute approximate surface area is 132 Å². The molecule has 1 heterocycles. The van der Waals surface area contributed by atoms with Gasteiger partial charge in [0.15, 0.2) is 9.84 Å². The number of nitrogens with zero attached hydrogens (tertiary/aromatic N) is 1. The predicted molar refractivity (Wildman–Crippen MR) is 81.6 cm³/mol. The van der Waals surface area contributed by atoms with Gasteiger partial charge < -0.3 is 4.90 Å². The van der Waals surface area contributed by atoms with E-state index in [1.165, 1.54) is 29.2 Å². The number of amides is 1. The average Bonchev–Trinajstić information content (AvgIpc) is 2.47. The van der Waals surface area contributed by atoms with Crippen LogP contribution in [0.4, 0.5) is 10.1 Å². The molecule has 0 fully saturated rings. The summed E-state index contributed by atoms with van der Waals surface area (Å²) < 4.78 is 38.1. The molecule has 1 aliphatic rings. The quantitative estimate of drug-likeness (QED) is 0.802. The lowest BCUT2D eigenvalue weighted by Crippen LogP contribution is -2.40. The van der Waals surface area contributed by atoms with Crippen LogP contribution < -0.4 is 4.90 Å². The number of fused-ring (bicyclic) bond motifs is 1. The lowest BCUT2D eigenvalue weighted by molar-refractivity contribution is 0.0984. The number of rotatable bonds is 1. The summed E-state index contributed by atoms with van der Waals surface area (Å²) in [6, 6.07) is 10.1. The van der Waals surface area contributed by atoms with E-state index in [0.717, 1.165) is 6.07 Å². The topological polar surface area (TPSA) is 54.5 Å². The highest BCUT2D eigenvalue weighted by molar-refractivity contribution is 7.91. The second kappa shape index (κ2) is 5.37. The second-order valence-electron chi connectivity index (χ2n) is 4.84. The molecule has 0 saturated carbocycles. The van der Waals surface area contributed by atoms with Gasteiger partial charge in [0, 0.05) is 6.54 Å². The molecule has 0 aliphatic carbocycles. The van der Waals surface area contributed by atoms with E-state index in [1.807, 2.05) is 0 Å². The van der Waals surface area contributed by atoms with E-state index in [4.69, 9.17) is 11.6 Å². The van der Waals surface area contributed by atoms with E-state index >= 15 is 0 Å². The van der Waals surface area contributed by atoms with Gasteiger partial charge in [-0.1, -0.05) is 29.8 Å². The highest BCUT2D eigenvalue weighted by Crippen LogP contribution is 2.32. The molecular weight excluding hydrogens is 329 g/mol. The lowest BCUT2D eigenvalue weighted by Gasteiger charge is -2.29. The van der Waals surface area contributed by atoms with Crippen molar-refractivity contribution in [2.24, 2.45) is 0 Å². The van der Waals surface area contributed by atoms with Gasteiger partial charge in [-0.15, -0.1) is 0 Å². The number of hydrogen-bond donors (Lipinski definition) is 0. The summed E-state index contributed by atoms with van der Waals surface area (Å²) in [4.78, 5) is 13.9. The molecular formula is C15H11ClFNO3S. The summed E-state index contributed by atoms with van der Waals surface area (Å²) >= 11 is 5.92. The molecule has 0 bridgehead atoms. The van der Waals surface area contributed by atoms with Crippen molar-refractivity contribution in [3.8, 4) is 0 Å². The molecule has 3 rings (SSSR count). The van der Waals surface area contributed by atoms with Crippen LogP contribution >= 0.6 is 11.6 Å². The van der Waals surface area contributed by atoms with Crippen LogP contribution in [-0.4, -0.2) is 26.6 Å². The zero-order valence-corrected chi connectivity index (χ0v) is 12.9. The first-order chi connectivity index (χ1) is 10.4. The Morgan fingerprint density at radius 1 is 1.14 bits per heavy atom. The number of para-hydroxylation sites is 1. The standard InChI is InChI=1S/C15H11ClFNO3S/c16-10-4-3-5-11(17)14(10)15(19)18-8-9-22(20,21)13-7-2-1-6-12(13)18/h1-7H,8-9H2. The molecule has 2 aromatic carbocycles. The van der Waals surface area contributed by atoms with Gasteiger partial charge in [0.05, 0.1) is 26.9 Å². The van der Waals surface area contributed by atoms with E-state index in [9.17, 15) is 17.6 Å². The van der Waals surface area contributed by atoms with Crippen LogP contribution in [0, 0.1) is 5.82 Å². The molecule has 7 heteroatoms. The number of benzene rings is 2. The van der Waals surface area contributed by atoms with Crippen molar-refractivity contribution in [3.05, 3.63) is 58.9 Å². The van der Waals surface area contributed by atoms with E-state index in [-0.39, 0.29) is 33.5 Å². The molecule has 0 saturated heterocycles. The van der Waals surface area contributed by atoms with Gasteiger partial charge in [0.1, 0.15) is 5.82 Å². The van der Waals surface area contributed by atoms with E-state index < -0.39 is 21.6 Å². The molecule has 0 atom stereocenters. The molecule has 114 valence electrons. The van der Waals surface area contributed by atoms with E-state index in [0.29, 0.717) is 0 Å². The lowest BCUT2D eigenvalue weighted by atomic mass is 10.1. The monoisotopic (exact) mass is 339 g/mol. The molecule has 0 radical (unpaired) electrons. The molecule has 0 spiro atoms. The summed E-state index contributed by atoms with van der Waals surface area (Å²) in [5, 5.41) is -0.00379.